The summed E-state index contributed by atoms with van der Waals surface area (Å²) in [7, 11) is -2.26. The van der Waals surface area contributed by atoms with Crippen molar-refractivity contribution in [3.8, 4) is 0 Å². The predicted molar refractivity (Wildman–Crippen MR) is 74.0 cm³/mol. The van der Waals surface area contributed by atoms with Gasteiger partial charge in [0.2, 0.25) is 0 Å². The first-order valence-corrected chi connectivity index (χ1v) is 8.63. The fourth-order valence-electron chi connectivity index (χ4n) is 1.24. The molecule has 0 amide bonds. The summed E-state index contributed by atoms with van der Waals surface area (Å²) in [5.74, 6) is -0.547. The van der Waals surface area contributed by atoms with Crippen LogP contribution in [0.5, 0.6) is 0 Å². The molecule has 0 aromatic heterocycles. The van der Waals surface area contributed by atoms with Crippen molar-refractivity contribution in [2.75, 3.05) is 25.6 Å². The van der Waals surface area contributed by atoms with Crippen molar-refractivity contribution >= 4 is 27.9 Å². The van der Waals surface area contributed by atoms with Gasteiger partial charge in [-0.25, -0.2) is 0 Å². The second-order valence-corrected chi connectivity index (χ2v) is 6.77. The van der Waals surface area contributed by atoms with Crippen LogP contribution in [0.3, 0.4) is 0 Å². The molecule has 0 rings (SSSR count). The number of nitrogens with one attached hydrogen (secondary N) is 1. The van der Waals surface area contributed by atoms with Crippen LogP contribution in [0.2, 0.25) is 0 Å². The van der Waals surface area contributed by atoms with E-state index in [4.69, 9.17) is 5.11 Å². The lowest BCUT2D eigenvalue weighted by atomic mass is 10.2. The quantitative estimate of drug-likeness (QED) is 0.622. The Balaban J connectivity index is 4.54. The van der Waals surface area contributed by atoms with Crippen LogP contribution < -0.4 is 4.72 Å². The molecule has 0 saturated carbocycles. The van der Waals surface area contributed by atoms with Gasteiger partial charge in [-0.15, -0.1) is 0 Å². The second kappa shape index (κ2) is 8.73. The molecule has 0 aromatic carbocycles. The van der Waals surface area contributed by atoms with Gasteiger partial charge in [0.05, 0.1) is 0 Å². The lowest BCUT2D eigenvalue weighted by Gasteiger charge is -2.20. The minimum absolute atomic E-state index is 0.275. The lowest BCUT2D eigenvalue weighted by molar-refractivity contribution is -0.139. The van der Waals surface area contributed by atoms with Gasteiger partial charge in [0.25, 0.3) is 10.2 Å². The largest absolute Gasteiger partial charge is 0.480 e. The van der Waals surface area contributed by atoms with E-state index in [0.717, 1.165) is 17.1 Å². The summed E-state index contributed by atoms with van der Waals surface area (Å²) in [4.78, 5) is 11.0. The monoisotopic (exact) mass is 298 g/mol. The van der Waals surface area contributed by atoms with Crippen LogP contribution in [0, 0.1) is 0 Å². The molecule has 0 aliphatic heterocycles. The first-order chi connectivity index (χ1) is 8.35. The molecular weight excluding hydrogens is 276 g/mol. The molecule has 0 radical (unpaired) electrons. The van der Waals surface area contributed by atoms with E-state index in [9.17, 15) is 13.2 Å². The van der Waals surface area contributed by atoms with Crippen LogP contribution in [0.1, 0.15) is 26.2 Å². The van der Waals surface area contributed by atoms with Crippen molar-refractivity contribution in [2.24, 2.45) is 0 Å². The standard InChI is InChI=1S/C10H22N2O4S2/c1-4-5-7-12(2)18(15,16)11-9(10(13)14)6-8-17-3/h9,11H,4-8H2,1-3H3,(H,13,14). The number of hydrogen-bond acceptors (Lipinski definition) is 4. The van der Waals surface area contributed by atoms with Gasteiger partial charge in [-0.2, -0.15) is 29.2 Å². The van der Waals surface area contributed by atoms with E-state index in [2.05, 4.69) is 4.72 Å². The number of carboxylic acids is 1. The minimum atomic E-state index is -3.71. The molecular formula is C10H22N2O4S2. The van der Waals surface area contributed by atoms with Crippen molar-refractivity contribution in [3.05, 3.63) is 0 Å². The van der Waals surface area contributed by atoms with Gasteiger partial charge < -0.3 is 5.11 Å². The van der Waals surface area contributed by atoms with E-state index in [0.29, 0.717) is 12.3 Å². The third kappa shape index (κ3) is 6.58. The fourth-order valence-corrected chi connectivity index (χ4v) is 2.84. The number of carbonyl (C=O) groups is 1. The summed E-state index contributed by atoms with van der Waals surface area (Å²) in [6, 6.07) is -1.06. The summed E-state index contributed by atoms with van der Waals surface area (Å²) in [5, 5.41) is 8.97. The minimum Gasteiger partial charge on any atom is -0.480 e. The van der Waals surface area contributed by atoms with Crippen molar-refractivity contribution in [3.63, 3.8) is 0 Å². The van der Waals surface area contributed by atoms with Crippen LogP contribution in [0.4, 0.5) is 0 Å². The highest BCUT2D eigenvalue weighted by atomic mass is 32.2. The van der Waals surface area contributed by atoms with Gasteiger partial charge in [0, 0.05) is 13.6 Å². The highest BCUT2D eigenvalue weighted by Crippen LogP contribution is 2.05. The summed E-state index contributed by atoms with van der Waals surface area (Å²) >= 11 is 1.48. The van der Waals surface area contributed by atoms with Gasteiger partial charge >= 0.3 is 5.97 Å². The van der Waals surface area contributed by atoms with E-state index in [-0.39, 0.29) is 6.42 Å². The highest BCUT2D eigenvalue weighted by molar-refractivity contribution is 7.98. The Kier molecular flexibility index (Phi) is 8.58. The Morgan fingerprint density at radius 2 is 2.11 bits per heavy atom. The van der Waals surface area contributed by atoms with E-state index >= 15 is 0 Å². The normalized spacial score (nSPS) is 13.8. The first kappa shape index (κ1) is 17.7. The van der Waals surface area contributed by atoms with Gasteiger partial charge in [0.1, 0.15) is 6.04 Å². The molecule has 18 heavy (non-hydrogen) atoms. The zero-order valence-corrected chi connectivity index (χ0v) is 12.7. The van der Waals surface area contributed by atoms with Crippen molar-refractivity contribution in [1.82, 2.24) is 9.03 Å². The highest BCUT2D eigenvalue weighted by Gasteiger charge is 2.26. The number of unbranched alkanes of at least 4 members (excludes halogenated alkanes) is 1. The lowest BCUT2D eigenvalue weighted by Crippen LogP contribution is -2.47. The Morgan fingerprint density at radius 3 is 2.56 bits per heavy atom. The van der Waals surface area contributed by atoms with E-state index in [1.165, 1.54) is 18.8 Å². The summed E-state index contributed by atoms with van der Waals surface area (Å²) < 4.78 is 27.1. The fraction of sp³-hybridized carbons (Fsp3) is 0.900. The van der Waals surface area contributed by atoms with Crippen LogP contribution in [-0.4, -0.2) is 55.4 Å². The van der Waals surface area contributed by atoms with Gasteiger partial charge in [-0.3, -0.25) is 4.79 Å². The number of rotatable bonds is 10. The third-order valence-electron chi connectivity index (χ3n) is 2.44. The van der Waals surface area contributed by atoms with Gasteiger partial charge in [-0.1, -0.05) is 13.3 Å². The number of hydrogen-bond donors (Lipinski definition) is 2. The molecule has 0 bridgehead atoms. The molecule has 0 aliphatic carbocycles. The molecule has 0 fully saturated rings. The molecule has 0 saturated heterocycles. The van der Waals surface area contributed by atoms with Crippen LogP contribution in [-0.2, 0) is 15.0 Å². The molecule has 1 unspecified atom stereocenters. The van der Waals surface area contributed by atoms with Crippen LogP contribution in [0.15, 0.2) is 0 Å². The summed E-state index contributed by atoms with van der Waals surface area (Å²) in [6.07, 6.45) is 3.76. The van der Waals surface area contributed by atoms with Crippen LogP contribution in [0.25, 0.3) is 0 Å². The molecule has 2 N–H and O–H groups in total. The summed E-state index contributed by atoms with van der Waals surface area (Å²) in [6.45, 7) is 2.35. The van der Waals surface area contributed by atoms with E-state index in [1.807, 2.05) is 13.2 Å². The second-order valence-electron chi connectivity index (χ2n) is 3.97. The predicted octanol–water partition coefficient (Wildman–Crippen LogP) is 0.759. The third-order valence-corrected chi connectivity index (χ3v) is 4.67. The van der Waals surface area contributed by atoms with E-state index < -0.39 is 22.2 Å². The number of thioether (sulfide) groups is 1. The zero-order chi connectivity index (χ0) is 14.2. The average molecular weight is 298 g/mol. The maximum absolute atomic E-state index is 11.9. The summed E-state index contributed by atoms with van der Waals surface area (Å²) in [5.41, 5.74) is 0. The smallest absolute Gasteiger partial charge is 0.321 e. The molecule has 108 valence electrons. The van der Waals surface area contributed by atoms with Gasteiger partial charge in [0.15, 0.2) is 0 Å². The number of carboxylic acid groups (broad SMARTS) is 1. The number of aliphatic carboxylic acids is 1. The van der Waals surface area contributed by atoms with Gasteiger partial charge in [-0.05, 0) is 24.9 Å². The van der Waals surface area contributed by atoms with Crippen molar-refractivity contribution in [2.45, 2.75) is 32.2 Å². The average Bonchev–Trinajstić information content (AvgIpc) is 2.30. The van der Waals surface area contributed by atoms with Crippen molar-refractivity contribution in [1.29, 1.82) is 0 Å². The molecule has 0 aromatic rings. The molecule has 0 spiro atoms. The topological polar surface area (TPSA) is 86.7 Å². The Morgan fingerprint density at radius 1 is 1.50 bits per heavy atom. The molecule has 0 heterocycles. The van der Waals surface area contributed by atoms with E-state index in [1.54, 1.807) is 0 Å². The first-order valence-electron chi connectivity index (χ1n) is 5.80. The SMILES string of the molecule is CCCCN(C)S(=O)(=O)NC(CCSC)C(=O)O. The number of nitrogens with zero attached hydrogens (tertiary/aromatic N) is 1. The van der Waals surface area contributed by atoms with Crippen molar-refractivity contribution < 1.29 is 18.3 Å². The Hall–Kier alpha value is -0.310. The molecule has 8 heteroatoms. The zero-order valence-electron chi connectivity index (χ0n) is 11.0. The van der Waals surface area contributed by atoms with Crippen LogP contribution >= 0.6 is 11.8 Å². The molecule has 0 aliphatic rings. The molecule has 1 atom stereocenters. The maximum atomic E-state index is 11.9. The Bertz CT molecular complexity index is 346. The Labute approximate surface area is 113 Å². The maximum Gasteiger partial charge on any atom is 0.321 e. The molecule has 6 nitrogen and oxygen atoms in total.